The van der Waals surface area contributed by atoms with Crippen molar-refractivity contribution < 1.29 is 14.2 Å². The van der Waals surface area contributed by atoms with Gasteiger partial charge in [-0.3, -0.25) is 9.36 Å². The predicted molar refractivity (Wildman–Crippen MR) is 140 cm³/mol. The lowest BCUT2D eigenvalue weighted by Crippen LogP contribution is -2.31. The summed E-state index contributed by atoms with van der Waals surface area (Å²) >= 11 is 3.21. The van der Waals surface area contributed by atoms with Crippen molar-refractivity contribution in [1.29, 1.82) is 0 Å². The van der Waals surface area contributed by atoms with Crippen molar-refractivity contribution in [2.45, 2.75) is 43.4 Å². The van der Waals surface area contributed by atoms with Gasteiger partial charge in [0.05, 0.1) is 18.2 Å². The van der Waals surface area contributed by atoms with Crippen LogP contribution in [0.15, 0.2) is 58.5 Å². The van der Waals surface area contributed by atoms with Crippen LogP contribution in [0, 0.1) is 0 Å². The van der Waals surface area contributed by atoms with E-state index in [9.17, 15) is 4.79 Å². The van der Waals surface area contributed by atoms with E-state index >= 15 is 0 Å². The molecule has 1 unspecified atom stereocenters. The van der Waals surface area contributed by atoms with Crippen LogP contribution >= 0.6 is 23.1 Å². The fourth-order valence-corrected chi connectivity index (χ4v) is 7.03. The summed E-state index contributed by atoms with van der Waals surface area (Å²) in [5.74, 6) is 2.83. The van der Waals surface area contributed by atoms with Crippen LogP contribution in [0.25, 0.3) is 15.9 Å². The van der Waals surface area contributed by atoms with Crippen molar-refractivity contribution in [1.82, 2.24) is 9.55 Å². The summed E-state index contributed by atoms with van der Waals surface area (Å²) in [7, 11) is 1.63. The summed E-state index contributed by atoms with van der Waals surface area (Å²) in [6.07, 6.45) is 5.34. The second-order valence-corrected chi connectivity index (χ2v) is 10.9. The van der Waals surface area contributed by atoms with E-state index in [4.69, 9.17) is 19.2 Å². The largest absolute Gasteiger partial charge is 0.497 e. The van der Waals surface area contributed by atoms with Gasteiger partial charge in [-0.15, -0.1) is 11.3 Å². The van der Waals surface area contributed by atoms with Gasteiger partial charge in [-0.05, 0) is 55.5 Å². The van der Waals surface area contributed by atoms with Crippen LogP contribution in [0.3, 0.4) is 0 Å². The first-order valence-electron chi connectivity index (χ1n) is 11.9. The fourth-order valence-electron chi connectivity index (χ4n) is 4.75. The van der Waals surface area contributed by atoms with Crippen LogP contribution in [-0.4, -0.2) is 35.1 Å². The lowest BCUT2D eigenvalue weighted by Gasteiger charge is -2.26. The van der Waals surface area contributed by atoms with Crippen LogP contribution in [0.2, 0.25) is 0 Å². The third-order valence-electron chi connectivity index (χ3n) is 6.49. The number of hydrogen-bond acceptors (Lipinski definition) is 7. The van der Waals surface area contributed by atoms with E-state index in [0.717, 1.165) is 46.7 Å². The molecule has 35 heavy (non-hydrogen) atoms. The van der Waals surface area contributed by atoms with Crippen LogP contribution in [0.1, 0.15) is 29.7 Å². The van der Waals surface area contributed by atoms with Gasteiger partial charge in [-0.25, -0.2) is 4.98 Å². The van der Waals surface area contributed by atoms with Crippen LogP contribution in [0.5, 0.6) is 17.2 Å². The van der Waals surface area contributed by atoms with E-state index in [1.807, 2.05) is 48.5 Å². The van der Waals surface area contributed by atoms with Gasteiger partial charge in [0, 0.05) is 16.7 Å². The number of para-hydroxylation sites is 2. The number of hydrogen-bond donors (Lipinski definition) is 0. The Labute approximate surface area is 211 Å². The normalized spacial score (nSPS) is 17.1. The number of fused-ring (bicyclic) bond motifs is 4. The van der Waals surface area contributed by atoms with Crippen molar-refractivity contribution in [3.8, 4) is 22.9 Å². The Morgan fingerprint density at radius 1 is 1.11 bits per heavy atom. The highest BCUT2D eigenvalue weighted by Crippen LogP contribution is 2.36. The number of aryl methyl sites for hydroxylation is 2. The SMILES string of the molecule is COc1cccc(-n2c(SCC3COc4ccccc4O3)nc3sc4c(c3c2=O)CCCCC4)c1. The summed E-state index contributed by atoms with van der Waals surface area (Å²) in [5, 5.41) is 1.44. The maximum Gasteiger partial charge on any atom is 0.267 e. The van der Waals surface area contributed by atoms with Crippen molar-refractivity contribution >= 4 is 33.3 Å². The molecule has 0 bridgehead atoms. The van der Waals surface area contributed by atoms with E-state index in [-0.39, 0.29) is 11.7 Å². The molecule has 3 heterocycles. The number of methoxy groups -OCH3 is 1. The Morgan fingerprint density at radius 3 is 2.86 bits per heavy atom. The number of rotatable bonds is 5. The van der Waals surface area contributed by atoms with E-state index in [1.54, 1.807) is 23.0 Å². The molecule has 0 amide bonds. The summed E-state index contributed by atoms with van der Waals surface area (Å²) < 4.78 is 19.2. The summed E-state index contributed by atoms with van der Waals surface area (Å²) in [6.45, 7) is 0.461. The molecule has 2 aromatic carbocycles. The molecule has 6 rings (SSSR count). The van der Waals surface area contributed by atoms with Gasteiger partial charge in [0.2, 0.25) is 0 Å². The van der Waals surface area contributed by atoms with E-state index < -0.39 is 0 Å². The quantitative estimate of drug-likeness (QED) is 0.198. The molecule has 0 saturated carbocycles. The second-order valence-electron chi connectivity index (χ2n) is 8.79. The van der Waals surface area contributed by atoms with Crippen LogP contribution < -0.4 is 19.8 Å². The highest BCUT2D eigenvalue weighted by molar-refractivity contribution is 7.99. The average Bonchev–Trinajstić information content (AvgIpc) is 3.08. The standard InChI is InChI=1S/C27H26N2O4S2/c1-31-18-9-7-8-17(14-18)29-26(30)24-20-10-3-2-4-13-23(20)35-25(24)28-27(29)34-16-19-15-32-21-11-5-6-12-22(21)33-19/h5-9,11-12,14,19H,2-4,10,13,15-16H2,1H3. The number of thiophene rings is 1. The minimum absolute atomic E-state index is 0.00342. The zero-order valence-corrected chi connectivity index (χ0v) is 21.1. The molecule has 6 nitrogen and oxygen atoms in total. The first-order chi connectivity index (χ1) is 17.2. The summed E-state index contributed by atoms with van der Waals surface area (Å²) in [6, 6.07) is 15.3. The summed E-state index contributed by atoms with van der Waals surface area (Å²) in [5.41, 5.74) is 1.95. The predicted octanol–water partition coefficient (Wildman–Crippen LogP) is 5.66. The summed E-state index contributed by atoms with van der Waals surface area (Å²) in [4.78, 5) is 21.2. The molecule has 1 aliphatic heterocycles. The molecular formula is C27H26N2O4S2. The van der Waals surface area contributed by atoms with Crippen LogP contribution in [0.4, 0.5) is 0 Å². The van der Waals surface area contributed by atoms with Gasteiger partial charge < -0.3 is 14.2 Å². The molecule has 2 aromatic heterocycles. The van der Waals surface area contributed by atoms with Crippen molar-refractivity contribution in [2.75, 3.05) is 19.5 Å². The van der Waals surface area contributed by atoms with Crippen molar-refractivity contribution in [3.63, 3.8) is 0 Å². The minimum atomic E-state index is -0.138. The van der Waals surface area contributed by atoms with Gasteiger partial charge in [0.1, 0.15) is 23.3 Å². The molecule has 2 aliphatic rings. The Hall–Kier alpha value is -2.97. The lowest BCUT2D eigenvalue weighted by atomic mass is 10.1. The monoisotopic (exact) mass is 506 g/mol. The third-order valence-corrected chi connectivity index (χ3v) is 8.74. The Balaban J connectivity index is 1.41. The molecule has 0 fully saturated rings. The Morgan fingerprint density at radius 2 is 1.97 bits per heavy atom. The molecule has 8 heteroatoms. The number of aromatic nitrogens is 2. The number of nitrogens with zero attached hydrogens (tertiary/aromatic N) is 2. The maximum atomic E-state index is 14.0. The van der Waals surface area contributed by atoms with Gasteiger partial charge in [0.25, 0.3) is 5.56 Å². The third kappa shape index (κ3) is 4.29. The topological polar surface area (TPSA) is 62.6 Å². The van der Waals surface area contributed by atoms with Gasteiger partial charge in [-0.2, -0.15) is 0 Å². The minimum Gasteiger partial charge on any atom is -0.497 e. The molecule has 1 aliphatic carbocycles. The fraction of sp³-hybridized carbons (Fsp3) is 0.333. The van der Waals surface area contributed by atoms with Gasteiger partial charge in [-0.1, -0.05) is 36.4 Å². The molecular weight excluding hydrogens is 480 g/mol. The van der Waals surface area contributed by atoms with Crippen molar-refractivity contribution in [3.05, 3.63) is 69.3 Å². The van der Waals surface area contributed by atoms with Crippen molar-refractivity contribution in [2.24, 2.45) is 0 Å². The van der Waals surface area contributed by atoms with E-state index in [2.05, 4.69) is 0 Å². The highest BCUT2D eigenvalue weighted by Gasteiger charge is 2.25. The lowest BCUT2D eigenvalue weighted by molar-refractivity contribution is 0.107. The number of benzene rings is 2. The zero-order valence-electron chi connectivity index (χ0n) is 19.5. The van der Waals surface area contributed by atoms with Gasteiger partial charge in [0.15, 0.2) is 16.7 Å². The molecule has 0 radical (unpaired) electrons. The molecule has 0 spiro atoms. The Kier molecular flexibility index (Phi) is 6.16. The molecule has 0 saturated heterocycles. The highest BCUT2D eigenvalue weighted by atomic mass is 32.2. The van der Waals surface area contributed by atoms with E-state index in [1.165, 1.54) is 35.0 Å². The molecule has 4 aromatic rings. The first-order valence-corrected chi connectivity index (χ1v) is 13.7. The maximum absolute atomic E-state index is 14.0. The van der Waals surface area contributed by atoms with E-state index in [0.29, 0.717) is 23.3 Å². The second kappa shape index (κ2) is 9.59. The number of ether oxygens (including phenoxy) is 3. The number of thioether (sulfide) groups is 1. The average molecular weight is 507 g/mol. The van der Waals surface area contributed by atoms with Gasteiger partial charge >= 0.3 is 0 Å². The molecule has 1 atom stereocenters. The smallest absolute Gasteiger partial charge is 0.267 e. The first kappa shape index (κ1) is 22.5. The molecule has 180 valence electrons. The zero-order chi connectivity index (χ0) is 23.8. The van der Waals surface area contributed by atoms with Crippen LogP contribution in [-0.2, 0) is 12.8 Å². The molecule has 0 N–H and O–H groups in total. The Bertz CT molecular complexity index is 1450.